The van der Waals surface area contributed by atoms with Crippen LogP contribution in [0.3, 0.4) is 0 Å². The highest BCUT2D eigenvalue weighted by Gasteiger charge is 2.18. The molecule has 0 saturated heterocycles. The molecule has 0 fully saturated rings. The van der Waals surface area contributed by atoms with Crippen molar-refractivity contribution in [3.05, 3.63) is 229 Å². The lowest BCUT2D eigenvalue weighted by molar-refractivity contribution is -0.138. The molecule has 0 bridgehead atoms. The number of rotatable bonds is 24. The van der Waals surface area contributed by atoms with Crippen LogP contribution in [0.25, 0.3) is 54.5 Å². The van der Waals surface area contributed by atoms with Gasteiger partial charge in [-0.3, -0.25) is 119 Å². The molecule has 15 rings (SSSR count). The van der Waals surface area contributed by atoms with Gasteiger partial charge in [-0.1, -0.05) is 12.1 Å². The number of nitrogens with one attached hydrogen (secondary N) is 15. The molecule has 3 amide bonds. The third-order valence-corrected chi connectivity index (χ3v) is 14.4. The number of fused-ring (bicyclic) bond motifs is 5. The van der Waals surface area contributed by atoms with Crippen molar-refractivity contribution in [3.63, 3.8) is 0 Å². The van der Waals surface area contributed by atoms with Crippen LogP contribution in [0.15, 0.2) is 201 Å². The van der Waals surface area contributed by atoms with Crippen LogP contribution in [-0.2, 0) is 45.5 Å². The third kappa shape index (κ3) is 22.7. The molecule has 0 saturated carbocycles. The fourth-order valence-electron chi connectivity index (χ4n) is 9.47. The van der Waals surface area contributed by atoms with E-state index >= 15 is 0 Å². The molecule has 0 atom stereocenters. The first-order valence-electron chi connectivity index (χ1n) is 32.5. The van der Waals surface area contributed by atoms with Gasteiger partial charge >= 0.3 is 17.9 Å². The van der Waals surface area contributed by atoms with Crippen molar-refractivity contribution in [2.24, 2.45) is 7.05 Å². The molecule has 10 heterocycles. The summed E-state index contributed by atoms with van der Waals surface area (Å²) in [6, 6.07) is 34.4. The number of aromatic amines is 10. The summed E-state index contributed by atoms with van der Waals surface area (Å²) >= 11 is 0. The number of ether oxygens (including phenoxy) is 5. The minimum atomic E-state index is -0.761. The van der Waals surface area contributed by atoms with E-state index in [0.717, 1.165) is 0 Å². The normalized spacial score (nSPS) is 10.6. The Labute approximate surface area is 617 Å². The van der Waals surface area contributed by atoms with E-state index in [4.69, 9.17) is 33.4 Å². The minimum absolute atomic E-state index is 0.00313. The summed E-state index contributed by atoms with van der Waals surface area (Å²) in [7, 11) is 1.76. The van der Waals surface area contributed by atoms with E-state index in [2.05, 4.69) is 123 Å². The van der Waals surface area contributed by atoms with Crippen molar-refractivity contribution in [1.29, 1.82) is 0 Å². The Morgan fingerprint density at radius 3 is 1.11 bits per heavy atom. The number of H-pyrrole nitrogens is 10. The van der Waals surface area contributed by atoms with Crippen LogP contribution < -0.4 is 78.4 Å². The molecule has 0 unspecified atom stereocenters. The Hall–Kier alpha value is -16.1. The van der Waals surface area contributed by atoms with E-state index < -0.39 is 54.9 Å². The second-order valence-electron chi connectivity index (χ2n) is 22.4. The zero-order chi connectivity index (χ0) is 77.9. The molecule has 0 aliphatic rings. The van der Waals surface area contributed by atoms with Crippen LogP contribution in [0.5, 0.6) is 28.7 Å². The van der Waals surface area contributed by atoms with Gasteiger partial charge in [-0.25, -0.2) is 35.9 Å². The molecule has 43 nitrogen and oxygen atoms in total. The fourth-order valence-corrected chi connectivity index (χ4v) is 9.47. The Morgan fingerprint density at radius 2 is 0.730 bits per heavy atom. The largest absolute Gasteiger partial charge is 0.491 e. The summed E-state index contributed by atoms with van der Waals surface area (Å²) in [5.41, 5.74) is 7.12. The number of pyridine rings is 2. The molecule has 15 aromatic rings. The molecule has 111 heavy (non-hydrogen) atoms. The maximum absolute atomic E-state index is 11.8. The maximum atomic E-state index is 11.8. The molecule has 566 valence electrons. The summed E-state index contributed by atoms with van der Waals surface area (Å²) in [6.45, 7) is 1.35. The number of hydrogen-bond donors (Lipinski definition) is 15. The standard InChI is InChI=1S/C15H12N4O4.C14H13N5O4.C14H14N4O3.C13H10N6O4.C12H12N6O3/c20-13(17-12-3-1-2-6-16-12)8-14(21)23-9-4-5-10-11(7-9)18-19-15(10)22;1-19-6-11(15-7-19)16-12(20)5-13(21)23-8-2-3-9-10(4-8)17-18-14(9)22;19-14-11-5-4-10(9-12(11)16-17-14)20-7-8-21-18-13-3-1-2-6-15-13;20-10(16-13-14-3-4-15-19-13)6-11(21)23-7-1-2-8-9(5-7)17-18-12(8)22;19-11-9-2-1-8(7-10(9)15-16-11)20-5-6-21-18-12-13-3-4-14-17-12/h1-7H,8H2,(H,16,17,20)(H2,18,19,22);2-4,6-7H,5H2,1H3,(H,16,20)(H2,17,18,22);1-6,9H,7-8H2,(H,15,18)(H2,16,17,19);1-5H,6H2,(H2,17,18,22)(H,14,16,19,20);1-4,7H,5-6H2,(H,13,17,18)(H2,15,16,19). The molecular weight excluding hydrogens is 1450 g/mol. The van der Waals surface area contributed by atoms with Crippen molar-refractivity contribution >= 4 is 119 Å². The van der Waals surface area contributed by atoms with Crippen LogP contribution in [0.4, 0.5) is 29.4 Å². The first-order valence-corrected chi connectivity index (χ1v) is 32.5. The van der Waals surface area contributed by atoms with Crippen LogP contribution in [0.1, 0.15) is 19.3 Å². The number of carbonyl (C=O) groups excluding carboxylic acids is 6. The Bertz CT molecular complexity index is 5700. The fraction of sp³-hybridized carbons (Fsp3) is 0.118. The van der Waals surface area contributed by atoms with Gasteiger partial charge in [-0.05, 0) is 84.9 Å². The number of amides is 3. The predicted molar refractivity (Wildman–Crippen MR) is 393 cm³/mol. The number of benzene rings is 5. The number of carbonyl (C=O) groups is 6. The predicted octanol–water partition coefficient (Wildman–Crippen LogP) is 3.82. The van der Waals surface area contributed by atoms with Gasteiger partial charge in [0.05, 0.1) is 85.6 Å². The topological polar surface area (TPSA) is 591 Å². The van der Waals surface area contributed by atoms with E-state index in [1.54, 1.807) is 84.7 Å². The van der Waals surface area contributed by atoms with E-state index in [1.807, 2.05) is 12.1 Å². The first-order chi connectivity index (χ1) is 53.9. The highest BCUT2D eigenvalue weighted by molar-refractivity contribution is 6.03. The number of aromatic nitrogens is 20. The van der Waals surface area contributed by atoms with Crippen LogP contribution >= 0.6 is 0 Å². The van der Waals surface area contributed by atoms with Crippen LogP contribution in [0.2, 0.25) is 0 Å². The van der Waals surface area contributed by atoms with E-state index in [-0.39, 0.29) is 56.9 Å². The van der Waals surface area contributed by atoms with Crippen molar-refractivity contribution in [3.8, 4) is 28.7 Å². The second kappa shape index (κ2) is 37.6. The lowest BCUT2D eigenvalue weighted by Gasteiger charge is -2.08. The zero-order valence-corrected chi connectivity index (χ0v) is 57.5. The number of nitrogens with zero attached hydrogens (tertiary/aromatic N) is 10. The number of aryl methyl sites for hydroxylation is 1. The monoisotopic (exact) mass is 1520 g/mol. The van der Waals surface area contributed by atoms with Gasteiger partial charge < -0.3 is 38.9 Å². The molecule has 43 heteroatoms. The summed E-state index contributed by atoms with van der Waals surface area (Å²) in [5.74, 6) is -0.227. The lowest BCUT2D eigenvalue weighted by atomic mass is 10.2. The summed E-state index contributed by atoms with van der Waals surface area (Å²) in [4.78, 5) is 157. The van der Waals surface area contributed by atoms with Gasteiger partial charge in [0, 0.05) is 56.0 Å². The number of hydrogen-bond acceptors (Lipinski definition) is 29. The SMILES string of the molecule is Cn1cnc(NC(=O)CC(=O)Oc2ccc3c(=O)[nH][nH]c3c2)c1.O=C(CC(=O)Oc1ccc2c(=O)[nH][nH]c2c1)Nc1ccccn1.O=C(CC(=O)Oc1ccc2c(=O)[nH][nH]c2c1)Nc1nccnn1.O=c1[nH][nH]c2cc(OCCONc3ccccn3)ccc12.O=c1[nH][nH]c2cc(OCCONc3nccnn3)ccc12. The number of anilines is 5. The Kier molecular flexibility index (Phi) is 25.7. The minimum Gasteiger partial charge on any atom is -0.491 e. The molecule has 15 N–H and O–H groups in total. The zero-order valence-electron chi connectivity index (χ0n) is 57.5. The van der Waals surface area contributed by atoms with Gasteiger partial charge in [0.1, 0.15) is 86.1 Å². The lowest BCUT2D eigenvalue weighted by Crippen LogP contribution is -2.21. The van der Waals surface area contributed by atoms with Gasteiger partial charge in [0.2, 0.25) is 23.7 Å². The van der Waals surface area contributed by atoms with Gasteiger partial charge in [0.15, 0.2) is 5.82 Å². The molecular formula is C68H61N25O18. The van der Waals surface area contributed by atoms with E-state index in [0.29, 0.717) is 110 Å². The van der Waals surface area contributed by atoms with E-state index in [1.165, 1.54) is 91.9 Å². The first kappa shape index (κ1) is 76.1. The van der Waals surface area contributed by atoms with Crippen molar-refractivity contribution in [2.45, 2.75) is 19.3 Å². The van der Waals surface area contributed by atoms with Crippen molar-refractivity contribution in [2.75, 3.05) is 53.3 Å². The average molecular weight is 1520 g/mol. The summed E-state index contributed by atoms with van der Waals surface area (Å²) in [5, 5.41) is 50.1. The van der Waals surface area contributed by atoms with Crippen molar-refractivity contribution in [1.82, 2.24) is 101 Å². The molecule has 0 radical (unpaired) electrons. The second-order valence-corrected chi connectivity index (χ2v) is 22.4. The Balaban J connectivity index is 0.000000137. The summed E-state index contributed by atoms with van der Waals surface area (Å²) in [6.07, 6.45) is 10.6. The summed E-state index contributed by atoms with van der Waals surface area (Å²) < 4.78 is 27.9. The Morgan fingerprint density at radius 1 is 0.360 bits per heavy atom. The number of imidazole rings is 1. The van der Waals surface area contributed by atoms with Crippen LogP contribution in [0, 0.1) is 0 Å². The molecule has 5 aromatic carbocycles. The van der Waals surface area contributed by atoms with Crippen molar-refractivity contribution < 1.29 is 62.1 Å². The number of esters is 3. The molecule has 0 spiro atoms. The smallest absolute Gasteiger partial charge is 0.320 e. The molecule has 0 aliphatic carbocycles. The van der Waals surface area contributed by atoms with E-state index in [9.17, 15) is 52.7 Å². The molecule has 0 aliphatic heterocycles. The third-order valence-electron chi connectivity index (χ3n) is 14.4. The van der Waals surface area contributed by atoms with Gasteiger partial charge in [0.25, 0.3) is 33.7 Å². The van der Waals surface area contributed by atoms with Gasteiger partial charge in [-0.2, -0.15) is 10.2 Å². The highest BCUT2D eigenvalue weighted by Crippen LogP contribution is 2.22. The highest BCUT2D eigenvalue weighted by atomic mass is 16.7. The average Bonchev–Trinajstić information content (AvgIpc) is 1.73. The van der Waals surface area contributed by atoms with Gasteiger partial charge in [-0.15, -0.1) is 10.2 Å². The maximum Gasteiger partial charge on any atom is 0.320 e. The van der Waals surface area contributed by atoms with Crippen LogP contribution in [-0.4, -0.2) is 163 Å². The molecule has 10 aromatic heterocycles. The quantitative estimate of drug-likeness (QED) is 0.0134.